The second-order valence-corrected chi connectivity index (χ2v) is 49.4. The van der Waals surface area contributed by atoms with Gasteiger partial charge >= 0.3 is 43.9 Å². The topological polar surface area (TPSA) is 339 Å². The van der Waals surface area contributed by atoms with Crippen LogP contribution in [0.2, 0.25) is 0 Å². The highest BCUT2D eigenvalue weighted by Crippen LogP contribution is 2.52. The number of phenolic OH excluding ortho intramolecular Hbond substituents is 1. The number of aromatic nitrogens is 6. The molecule has 5 saturated heterocycles. The minimum absolute atomic E-state index is 0.194. The Morgan fingerprint density at radius 3 is 1.15 bits per heavy atom. The number of nitrogen functional groups attached to an aromatic ring is 2. The van der Waals surface area contributed by atoms with E-state index in [0.29, 0.717) is 106 Å². The fourth-order valence-electron chi connectivity index (χ4n) is 15.7. The lowest BCUT2D eigenvalue weighted by Gasteiger charge is -2.42. The highest BCUT2D eigenvalue weighted by atomic mass is 127. The SMILES string of the molecule is CC1(C)OB(B2OC(C)(C)C(C)(C)O2)OC1(C)C.CCOP(=O)(CCOc1cccc(-c2cn(C3CC(CN4CCC4)C3)c3ncnc(N)c23)c1)OCC.CCOP(=O)(CCOc1cccc(B2OC(C)(C)C(C)(C)O2)c1)OCC.CCOP(=O)(CCOc1cccc(Br)c1)OCC.ClCCBr.ClCCOc1cccc(Br)c1.Nc1ncnc2c1c(I)cn2C1CC(CN2CCC2)C1.Oc1cccc(Br)c1. The summed E-state index contributed by atoms with van der Waals surface area (Å²) in [5, 5.41) is 11.6. The Kier molecular flexibility index (Phi) is 48.0. The molecule has 7 fully saturated rings. The van der Waals surface area contributed by atoms with Crippen molar-refractivity contribution in [2.45, 2.75) is 209 Å². The molecule has 0 atom stereocenters. The van der Waals surface area contributed by atoms with Gasteiger partial charge in [0.2, 0.25) is 0 Å². The van der Waals surface area contributed by atoms with Gasteiger partial charge in [-0.25, -0.2) is 19.9 Å². The van der Waals surface area contributed by atoms with E-state index in [-0.39, 0.29) is 54.1 Å². The molecule has 9 heterocycles. The first-order chi connectivity index (χ1) is 66.8. The summed E-state index contributed by atoms with van der Waals surface area (Å²) in [5.41, 5.74) is 14.8. The zero-order valence-corrected chi connectivity index (χ0v) is 97.3. The standard InChI is InChI=1S/C26H36N5O4P.C18H30BO6P.C14H18IN5.C12H24B2O4.C12H18BrO4P.C8H8BrClO.C6H5BrO.C2H4BrCl/c1-3-34-36(32,35-4-2)12-11-33-22-8-5-7-20(15-22)23-17-31(26-24(23)25(27)28-18-29-26)21-13-19(14-21)16-30-9-6-10-30;1-7-22-26(20,23-8-2)13-12-21-16-11-9-10-15(14-16)19-24-17(3,4)18(5,6)25-19;15-11-7-20(14-12(11)13(16)17-8-18-14)10-4-9(5-10)6-19-2-1-3-19;1-9(2)10(3,4)16-13(15-9)14-17-11(5,6)12(7,8)18-14;1-3-16-18(14,17-4-2)9-8-15-12-7-5-6-11(13)10-12;9-7-2-1-3-8(6-7)11-5-4-10;7-5-2-1-3-6(8)4-5;3-1-2-4/h5,7-8,15,17-19,21H,3-4,6,9-14,16H2,1-2H3,(H2,27,28,29);9-11,14H,7-8,12-13H2,1-6H3;7-10H,1-6H2,(H2,16,17,18);1-8H3;5-7,10H,3-4,8-9H2,1-2H3;1-3,6H,4-5H2;1-4,8H;1-2H2. The molecule has 9 aromatic rings. The van der Waals surface area contributed by atoms with Crippen LogP contribution in [0.15, 0.2) is 160 Å². The van der Waals surface area contributed by atoms with Crippen LogP contribution in [-0.4, -0.2) is 240 Å². The summed E-state index contributed by atoms with van der Waals surface area (Å²) in [4.78, 5) is 22.5. The molecule has 5 aromatic carbocycles. The average Bonchev–Trinajstić information content (AvgIpc) is 1.60. The van der Waals surface area contributed by atoms with Crippen LogP contribution in [0.25, 0.3) is 33.2 Å². The number of halogens is 7. The Morgan fingerprint density at radius 2 is 0.794 bits per heavy atom. The van der Waals surface area contributed by atoms with Gasteiger partial charge in [-0.05, 0) is 314 Å². The quantitative estimate of drug-likeness (QED) is 0.0141. The summed E-state index contributed by atoms with van der Waals surface area (Å²) in [5.74, 6) is 7.11. The van der Waals surface area contributed by atoms with E-state index in [4.69, 9.17) is 114 Å². The molecule has 5 aliphatic heterocycles. The van der Waals surface area contributed by atoms with Gasteiger partial charge in [-0.3, -0.25) is 13.7 Å². The number of nitrogens with zero attached hydrogens (tertiary/aromatic N) is 8. The smallest absolute Gasteiger partial charge is 0.494 e. The molecule has 0 spiro atoms. The van der Waals surface area contributed by atoms with Gasteiger partial charge < -0.3 is 110 Å². The van der Waals surface area contributed by atoms with Crippen molar-refractivity contribution in [2.75, 3.05) is 152 Å². The van der Waals surface area contributed by atoms with Gasteiger partial charge in [-0.2, -0.15) is 0 Å². The number of fused-ring (bicyclic) bond motifs is 2. The summed E-state index contributed by atoms with van der Waals surface area (Å²) in [7, 11) is -10.6. The average molecular weight is 2420 g/mol. The van der Waals surface area contributed by atoms with Crippen LogP contribution in [0.5, 0.6) is 28.7 Å². The lowest BCUT2D eigenvalue weighted by molar-refractivity contribution is 0.00578. The van der Waals surface area contributed by atoms with E-state index in [0.717, 1.165) is 97.2 Å². The molecule has 16 rings (SSSR count). The van der Waals surface area contributed by atoms with Crippen LogP contribution < -0.4 is 35.9 Å². The Bertz CT molecular complexity index is 5390. The molecule has 778 valence electrons. The molecule has 7 aliphatic rings. The number of alkyl halides is 3. The second-order valence-electron chi connectivity index (χ2n) is 37.3. The number of benzene rings is 5. The first-order valence-electron chi connectivity index (χ1n) is 48.2. The van der Waals surface area contributed by atoms with E-state index < -0.39 is 55.1 Å². The van der Waals surface area contributed by atoms with E-state index in [1.807, 2.05) is 186 Å². The van der Waals surface area contributed by atoms with E-state index in [9.17, 15) is 13.7 Å². The molecule has 5 N–H and O–H groups in total. The Morgan fingerprint density at radius 1 is 0.454 bits per heavy atom. The summed E-state index contributed by atoms with van der Waals surface area (Å²) in [6.45, 7) is 46.1. The minimum Gasteiger partial charge on any atom is -0.508 e. The molecular weight excluding hydrogens is 2280 g/mol. The predicted octanol–water partition coefficient (Wildman–Crippen LogP) is 24.1. The second kappa shape index (κ2) is 56.4. The van der Waals surface area contributed by atoms with Crippen LogP contribution in [0.3, 0.4) is 0 Å². The van der Waals surface area contributed by atoms with Gasteiger partial charge in [0.15, 0.2) is 0 Å². The van der Waals surface area contributed by atoms with Crippen LogP contribution in [-0.2, 0) is 68.8 Å². The molecule has 0 amide bonds. The van der Waals surface area contributed by atoms with Crippen molar-refractivity contribution in [1.29, 1.82) is 0 Å². The highest BCUT2D eigenvalue weighted by molar-refractivity contribution is 14.1. The third-order valence-electron chi connectivity index (χ3n) is 25.3. The number of phenols is 1. The van der Waals surface area contributed by atoms with Gasteiger partial charge in [0.05, 0.1) is 128 Å². The number of hydrogen-bond acceptors (Lipinski definition) is 28. The lowest BCUT2D eigenvalue weighted by Crippen LogP contribution is -2.43. The molecular formula is C98H143B3Br4Cl2IN10O20P3. The highest BCUT2D eigenvalue weighted by Gasteiger charge is 2.64. The van der Waals surface area contributed by atoms with Crippen molar-refractivity contribution in [3.63, 3.8) is 0 Å². The van der Waals surface area contributed by atoms with Gasteiger partial charge in [-0.15, -0.1) is 23.2 Å². The maximum absolute atomic E-state index is 12.7. The largest absolute Gasteiger partial charge is 0.508 e. The first kappa shape index (κ1) is 120. The van der Waals surface area contributed by atoms with E-state index in [1.165, 1.54) is 65.0 Å². The molecule has 0 bridgehead atoms. The van der Waals surface area contributed by atoms with Crippen molar-refractivity contribution < 1.29 is 92.8 Å². The van der Waals surface area contributed by atoms with Gasteiger partial charge in [-0.1, -0.05) is 106 Å². The number of nitrogens with two attached hydrogens (primary N) is 2. The number of rotatable bonds is 37. The van der Waals surface area contributed by atoms with E-state index in [2.05, 4.69) is 138 Å². The lowest BCUT2D eigenvalue weighted by atomic mass is 9.49. The minimum atomic E-state index is -3.15. The molecule has 141 heavy (non-hydrogen) atoms. The van der Waals surface area contributed by atoms with Gasteiger partial charge in [0.25, 0.3) is 0 Å². The normalized spacial score (nSPS) is 19.5. The molecule has 30 nitrogen and oxygen atoms in total. The van der Waals surface area contributed by atoms with Crippen LogP contribution in [0.4, 0.5) is 11.6 Å². The van der Waals surface area contributed by atoms with Crippen molar-refractivity contribution in [3.8, 4) is 39.9 Å². The Hall–Kier alpha value is -4.51. The summed E-state index contributed by atoms with van der Waals surface area (Å²) in [6.07, 6.45) is 15.7. The van der Waals surface area contributed by atoms with Crippen molar-refractivity contribution in [2.24, 2.45) is 11.8 Å². The maximum atomic E-state index is 12.7. The van der Waals surface area contributed by atoms with E-state index in [1.54, 1.807) is 72.4 Å². The first-order valence-corrected chi connectivity index (χ1v) is 59.1. The fourth-order valence-corrected chi connectivity index (χ4v) is 22.0. The molecule has 2 saturated carbocycles. The molecule has 43 heteroatoms. The number of ether oxygens (including phenoxy) is 4. The van der Waals surface area contributed by atoms with Crippen molar-refractivity contribution in [1.82, 2.24) is 38.9 Å². The van der Waals surface area contributed by atoms with Crippen molar-refractivity contribution >= 4 is 193 Å². The Balaban J connectivity index is 0.000000190. The maximum Gasteiger partial charge on any atom is 0.494 e. The zero-order valence-electron chi connectivity index (χ0n) is 84.6. The summed E-state index contributed by atoms with van der Waals surface area (Å²) >= 11 is 25.9. The van der Waals surface area contributed by atoms with Crippen LogP contribution in [0, 0.1) is 15.4 Å². The van der Waals surface area contributed by atoms with Crippen LogP contribution in [0.1, 0.15) is 175 Å². The van der Waals surface area contributed by atoms with E-state index >= 15 is 0 Å². The predicted molar refractivity (Wildman–Crippen MR) is 590 cm³/mol. The van der Waals surface area contributed by atoms with Crippen molar-refractivity contribution in [3.05, 3.63) is 163 Å². The number of aromatic hydroxyl groups is 1. The molecule has 0 unspecified atom stereocenters. The third-order valence-corrected chi connectivity index (χ3v) is 34.9. The number of likely N-dealkylation sites (tertiary alicyclic amines) is 2. The third kappa shape index (κ3) is 35.6. The molecule has 0 radical (unpaired) electrons. The summed E-state index contributed by atoms with van der Waals surface area (Å²) < 4.78 is 136. The molecule has 4 aromatic heterocycles. The van der Waals surface area contributed by atoms with Gasteiger partial charge in [0, 0.05) is 71.3 Å². The number of anilines is 2. The number of hydrogen-bond donors (Lipinski definition) is 3. The fraction of sp³-hybridized carbons (Fsp3) is 0.571. The monoisotopic (exact) mass is 2420 g/mol. The van der Waals surface area contributed by atoms with Crippen LogP contribution >= 0.6 is 132 Å². The van der Waals surface area contributed by atoms with Gasteiger partial charge in [0.1, 0.15) is 70.9 Å². The Labute approximate surface area is 892 Å². The zero-order chi connectivity index (χ0) is 103. The summed E-state index contributed by atoms with van der Waals surface area (Å²) in [6, 6.07) is 38.5. The molecule has 2 aliphatic carbocycles.